The van der Waals surface area contributed by atoms with Crippen LogP contribution in [0.15, 0.2) is 42.5 Å². The standard InChI is InChI=1S/C14H9Cl2FN2O2/c15-9-3-1-2-4-12(9)19-14(21)13(20)18-8-5-6-11(17)10(16)7-8/h1-7H,(H,18,20)(H,19,21). The second kappa shape index (κ2) is 6.56. The van der Waals surface area contributed by atoms with Gasteiger partial charge in [-0.25, -0.2) is 4.39 Å². The Morgan fingerprint density at radius 2 is 1.57 bits per heavy atom. The molecule has 0 spiro atoms. The van der Waals surface area contributed by atoms with Gasteiger partial charge in [-0.2, -0.15) is 0 Å². The number of carbonyl (C=O) groups excluding carboxylic acids is 2. The van der Waals surface area contributed by atoms with E-state index >= 15 is 0 Å². The number of hydrogen-bond acceptors (Lipinski definition) is 2. The molecule has 2 aromatic rings. The summed E-state index contributed by atoms with van der Waals surface area (Å²) in [4.78, 5) is 23.5. The first kappa shape index (κ1) is 15.3. The molecule has 2 amide bonds. The summed E-state index contributed by atoms with van der Waals surface area (Å²) in [6.45, 7) is 0. The molecule has 21 heavy (non-hydrogen) atoms. The minimum absolute atomic E-state index is 0.153. The highest BCUT2D eigenvalue weighted by atomic mass is 35.5. The van der Waals surface area contributed by atoms with Crippen LogP contribution in [0, 0.1) is 5.82 Å². The number of hydrogen-bond donors (Lipinski definition) is 2. The van der Waals surface area contributed by atoms with Crippen LogP contribution in [0.1, 0.15) is 0 Å². The van der Waals surface area contributed by atoms with Gasteiger partial charge in [-0.05, 0) is 30.3 Å². The van der Waals surface area contributed by atoms with Crippen molar-refractivity contribution >= 4 is 46.4 Å². The van der Waals surface area contributed by atoms with E-state index in [1.165, 1.54) is 12.1 Å². The fourth-order valence-electron chi connectivity index (χ4n) is 1.50. The monoisotopic (exact) mass is 326 g/mol. The van der Waals surface area contributed by atoms with Crippen LogP contribution in [0.3, 0.4) is 0 Å². The van der Waals surface area contributed by atoms with Crippen molar-refractivity contribution in [3.05, 3.63) is 58.3 Å². The fourth-order valence-corrected chi connectivity index (χ4v) is 1.87. The van der Waals surface area contributed by atoms with Crippen LogP contribution < -0.4 is 10.6 Å². The summed E-state index contributed by atoms with van der Waals surface area (Å²) in [7, 11) is 0. The van der Waals surface area contributed by atoms with Gasteiger partial charge in [0, 0.05) is 5.69 Å². The van der Waals surface area contributed by atoms with Gasteiger partial charge in [0.2, 0.25) is 0 Å². The molecule has 4 nitrogen and oxygen atoms in total. The summed E-state index contributed by atoms with van der Waals surface area (Å²) in [5, 5.41) is 4.83. The molecule has 0 unspecified atom stereocenters. The predicted octanol–water partition coefficient (Wildman–Crippen LogP) is 3.71. The molecule has 108 valence electrons. The molecule has 0 aromatic heterocycles. The van der Waals surface area contributed by atoms with E-state index < -0.39 is 17.6 Å². The maximum Gasteiger partial charge on any atom is 0.314 e. The first-order chi connectivity index (χ1) is 9.97. The number of rotatable bonds is 2. The molecule has 0 fully saturated rings. The molecule has 2 rings (SSSR count). The molecule has 0 aliphatic heterocycles. The molecular formula is C14H9Cl2FN2O2. The van der Waals surface area contributed by atoms with Crippen molar-refractivity contribution in [2.24, 2.45) is 0 Å². The minimum Gasteiger partial charge on any atom is -0.318 e. The van der Waals surface area contributed by atoms with Crippen LogP contribution in [-0.2, 0) is 9.59 Å². The smallest absolute Gasteiger partial charge is 0.314 e. The van der Waals surface area contributed by atoms with Gasteiger partial charge in [0.05, 0.1) is 15.7 Å². The third-order valence-electron chi connectivity index (χ3n) is 2.51. The van der Waals surface area contributed by atoms with E-state index in [1.54, 1.807) is 24.3 Å². The molecule has 0 aliphatic rings. The Labute approximate surface area is 129 Å². The Morgan fingerprint density at radius 3 is 2.24 bits per heavy atom. The van der Waals surface area contributed by atoms with Crippen molar-refractivity contribution in [2.75, 3.05) is 10.6 Å². The summed E-state index contributed by atoms with van der Waals surface area (Å²) in [6.07, 6.45) is 0. The van der Waals surface area contributed by atoms with Crippen molar-refractivity contribution in [3.63, 3.8) is 0 Å². The van der Waals surface area contributed by atoms with Crippen molar-refractivity contribution < 1.29 is 14.0 Å². The van der Waals surface area contributed by atoms with Crippen LogP contribution in [-0.4, -0.2) is 11.8 Å². The van der Waals surface area contributed by atoms with Crippen molar-refractivity contribution in [1.82, 2.24) is 0 Å². The maximum absolute atomic E-state index is 13.0. The molecule has 0 saturated heterocycles. The zero-order chi connectivity index (χ0) is 15.4. The highest BCUT2D eigenvalue weighted by Crippen LogP contribution is 2.21. The number of benzene rings is 2. The first-order valence-electron chi connectivity index (χ1n) is 5.79. The molecule has 7 heteroatoms. The largest absolute Gasteiger partial charge is 0.318 e. The number of halogens is 3. The Balaban J connectivity index is 2.04. The SMILES string of the molecule is O=C(Nc1ccc(F)c(Cl)c1)C(=O)Nc1ccccc1Cl. The lowest BCUT2D eigenvalue weighted by Crippen LogP contribution is -2.29. The Hall–Kier alpha value is -2.11. The lowest BCUT2D eigenvalue weighted by molar-refractivity contribution is -0.132. The lowest BCUT2D eigenvalue weighted by Gasteiger charge is -2.08. The van der Waals surface area contributed by atoms with Gasteiger partial charge in [0.1, 0.15) is 5.82 Å². The van der Waals surface area contributed by atoms with E-state index in [4.69, 9.17) is 23.2 Å². The van der Waals surface area contributed by atoms with Crippen LogP contribution >= 0.6 is 23.2 Å². The number of nitrogens with one attached hydrogen (secondary N) is 2. The second-order valence-corrected chi connectivity index (χ2v) is 4.83. The van der Waals surface area contributed by atoms with Gasteiger partial charge in [-0.15, -0.1) is 0 Å². The van der Waals surface area contributed by atoms with Crippen molar-refractivity contribution in [2.45, 2.75) is 0 Å². The molecule has 2 N–H and O–H groups in total. The van der Waals surface area contributed by atoms with Gasteiger partial charge in [-0.3, -0.25) is 9.59 Å². The van der Waals surface area contributed by atoms with E-state index in [9.17, 15) is 14.0 Å². The summed E-state index contributed by atoms with van der Waals surface area (Å²) in [5.74, 6) is -2.43. The molecule has 0 bridgehead atoms. The van der Waals surface area contributed by atoms with Gasteiger partial charge in [0.25, 0.3) is 0 Å². The summed E-state index contributed by atoms with van der Waals surface area (Å²) in [5.41, 5.74) is 0.525. The summed E-state index contributed by atoms with van der Waals surface area (Å²) >= 11 is 11.4. The Bertz CT molecular complexity index is 707. The highest BCUT2D eigenvalue weighted by molar-refractivity contribution is 6.45. The van der Waals surface area contributed by atoms with E-state index in [0.29, 0.717) is 10.7 Å². The average Bonchev–Trinajstić information content (AvgIpc) is 2.45. The molecule has 0 radical (unpaired) electrons. The second-order valence-electron chi connectivity index (χ2n) is 4.02. The zero-order valence-electron chi connectivity index (χ0n) is 10.5. The van der Waals surface area contributed by atoms with Crippen molar-refractivity contribution in [3.8, 4) is 0 Å². The number of para-hydroxylation sites is 1. The van der Waals surface area contributed by atoms with Crippen LogP contribution in [0.2, 0.25) is 10.0 Å². The minimum atomic E-state index is -0.919. The third-order valence-corrected chi connectivity index (χ3v) is 3.12. The number of anilines is 2. The fraction of sp³-hybridized carbons (Fsp3) is 0. The molecule has 0 heterocycles. The van der Waals surface area contributed by atoms with Gasteiger partial charge >= 0.3 is 11.8 Å². The average molecular weight is 327 g/mol. The molecule has 0 aliphatic carbocycles. The Morgan fingerprint density at radius 1 is 0.905 bits per heavy atom. The molecule has 0 saturated carbocycles. The summed E-state index contributed by atoms with van der Waals surface area (Å²) in [6, 6.07) is 10.1. The van der Waals surface area contributed by atoms with Gasteiger partial charge in [-0.1, -0.05) is 35.3 Å². The molecule has 0 atom stereocenters. The predicted molar refractivity (Wildman–Crippen MR) is 80.1 cm³/mol. The van der Waals surface area contributed by atoms with Gasteiger partial charge < -0.3 is 10.6 Å². The van der Waals surface area contributed by atoms with Crippen LogP contribution in [0.4, 0.5) is 15.8 Å². The maximum atomic E-state index is 13.0. The van der Waals surface area contributed by atoms with E-state index in [-0.39, 0.29) is 10.7 Å². The topological polar surface area (TPSA) is 58.2 Å². The lowest BCUT2D eigenvalue weighted by atomic mass is 10.3. The summed E-state index contributed by atoms with van der Waals surface area (Å²) < 4.78 is 13.0. The van der Waals surface area contributed by atoms with Crippen molar-refractivity contribution in [1.29, 1.82) is 0 Å². The van der Waals surface area contributed by atoms with E-state index in [1.807, 2.05) is 0 Å². The third kappa shape index (κ3) is 3.93. The zero-order valence-corrected chi connectivity index (χ0v) is 12.0. The van der Waals surface area contributed by atoms with E-state index in [2.05, 4.69) is 10.6 Å². The highest BCUT2D eigenvalue weighted by Gasteiger charge is 2.15. The van der Waals surface area contributed by atoms with E-state index in [0.717, 1.165) is 6.07 Å². The molecule has 2 aromatic carbocycles. The number of amides is 2. The van der Waals surface area contributed by atoms with Crippen LogP contribution in [0.25, 0.3) is 0 Å². The molecular weight excluding hydrogens is 318 g/mol. The quantitative estimate of drug-likeness (QED) is 0.826. The van der Waals surface area contributed by atoms with Crippen LogP contribution in [0.5, 0.6) is 0 Å². The Kier molecular flexibility index (Phi) is 4.77. The number of carbonyl (C=O) groups is 2. The first-order valence-corrected chi connectivity index (χ1v) is 6.55. The van der Waals surface area contributed by atoms with Gasteiger partial charge in [0.15, 0.2) is 0 Å². The normalized spacial score (nSPS) is 10.0.